The molecule has 0 fully saturated rings. The number of fused-ring (bicyclic) bond motifs is 1. The minimum atomic E-state index is 0.214. The Balaban J connectivity index is 1.69. The quantitative estimate of drug-likeness (QED) is 0.544. The van der Waals surface area contributed by atoms with E-state index < -0.39 is 0 Å². The zero-order chi connectivity index (χ0) is 20.1. The van der Waals surface area contributed by atoms with E-state index >= 15 is 0 Å². The molecule has 6 nitrogen and oxygen atoms in total. The first-order valence-electron chi connectivity index (χ1n) is 9.83. The highest BCUT2D eigenvalue weighted by molar-refractivity contribution is 7.09. The van der Waals surface area contributed by atoms with Crippen molar-refractivity contribution < 1.29 is 9.47 Å². The summed E-state index contributed by atoms with van der Waals surface area (Å²) < 4.78 is 11.5. The number of thiazole rings is 1. The summed E-state index contributed by atoms with van der Waals surface area (Å²) in [5, 5.41) is 9.85. The van der Waals surface area contributed by atoms with E-state index in [1.165, 1.54) is 5.56 Å². The second-order valence-corrected chi connectivity index (χ2v) is 8.22. The van der Waals surface area contributed by atoms with Crippen LogP contribution in [-0.2, 0) is 19.5 Å². The maximum absolute atomic E-state index is 5.89. The monoisotopic (exact) mass is 402 g/mol. The van der Waals surface area contributed by atoms with Crippen molar-refractivity contribution in [3.05, 3.63) is 39.3 Å². The molecule has 0 spiro atoms. The fourth-order valence-electron chi connectivity index (χ4n) is 3.13. The van der Waals surface area contributed by atoms with Crippen LogP contribution in [0.2, 0.25) is 0 Å². The molecule has 0 saturated heterocycles. The molecule has 7 heteroatoms. The maximum atomic E-state index is 5.89. The highest BCUT2D eigenvalue weighted by Gasteiger charge is 2.21. The Bertz CT molecular complexity index is 832. The predicted octanol–water partition coefficient (Wildman–Crippen LogP) is 3.85. The summed E-state index contributed by atoms with van der Waals surface area (Å²) >= 11 is 1.68. The van der Waals surface area contributed by atoms with E-state index in [0.29, 0.717) is 19.0 Å². The number of nitrogens with zero attached hydrogens (tertiary/aromatic N) is 2. The van der Waals surface area contributed by atoms with Crippen LogP contribution in [0.4, 0.5) is 0 Å². The molecule has 2 aromatic rings. The van der Waals surface area contributed by atoms with Gasteiger partial charge in [-0.25, -0.2) is 9.98 Å². The van der Waals surface area contributed by atoms with Crippen LogP contribution in [-0.4, -0.2) is 30.7 Å². The van der Waals surface area contributed by atoms with Crippen LogP contribution in [0, 0.1) is 0 Å². The molecule has 1 aromatic heterocycles. The third-order valence-electron chi connectivity index (χ3n) is 4.62. The van der Waals surface area contributed by atoms with Crippen molar-refractivity contribution in [2.75, 3.05) is 13.7 Å². The van der Waals surface area contributed by atoms with Crippen molar-refractivity contribution in [3.8, 4) is 11.5 Å². The van der Waals surface area contributed by atoms with E-state index in [4.69, 9.17) is 14.5 Å². The van der Waals surface area contributed by atoms with Gasteiger partial charge in [0.25, 0.3) is 0 Å². The lowest BCUT2D eigenvalue weighted by atomic mass is 10.1. The molecule has 1 aliphatic heterocycles. The van der Waals surface area contributed by atoms with Crippen LogP contribution in [0.25, 0.3) is 0 Å². The van der Waals surface area contributed by atoms with Gasteiger partial charge in [0.15, 0.2) is 5.96 Å². The van der Waals surface area contributed by atoms with Gasteiger partial charge in [-0.2, -0.15) is 0 Å². The molecule has 1 atom stereocenters. The van der Waals surface area contributed by atoms with Crippen molar-refractivity contribution >= 4 is 17.3 Å². The van der Waals surface area contributed by atoms with Crippen LogP contribution < -0.4 is 20.1 Å². The summed E-state index contributed by atoms with van der Waals surface area (Å²) in [6.45, 7) is 10.4. The fourth-order valence-corrected chi connectivity index (χ4v) is 4.03. The van der Waals surface area contributed by atoms with Gasteiger partial charge in [-0.05, 0) is 31.9 Å². The highest BCUT2D eigenvalue weighted by Crippen LogP contribution is 2.35. The van der Waals surface area contributed by atoms with Gasteiger partial charge in [0.2, 0.25) is 0 Å². The number of benzene rings is 1. The molecule has 0 amide bonds. The van der Waals surface area contributed by atoms with Crippen molar-refractivity contribution in [2.45, 2.75) is 59.2 Å². The van der Waals surface area contributed by atoms with Crippen LogP contribution in [0.3, 0.4) is 0 Å². The number of ether oxygens (including phenoxy) is 2. The van der Waals surface area contributed by atoms with Gasteiger partial charge >= 0.3 is 0 Å². The largest absolute Gasteiger partial charge is 0.496 e. The van der Waals surface area contributed by atoms with Crippen LogP contribution in [0.5, 0.6) is 11.5 Å². The number of aromatic nitrogens is 1. The van der Waals surface area contributed by atoms with Gasteiger partial charge in [0.05, 0.1) is 25.9 Å². The van der Waals surface area contributed by atoms with Crippen LogP contribution in [0.15, 0.2) is 22.5 Å². The molecule has 152 valence electrons. The summed E-state index contributed by atoms with van der Waals surface area (Å²) in [4.78, 5) is 9.40. The lowest BCUT2D eigenvalue weighted by Crippen LogP contribution is -2.36. The van der Waals surface area contributed by atoms with Crippen molar-refractivity contribution in [3.63, 3.8) is 0 Å². The van der Waals surface area contributed by atoms with E-state index in [2.05, 4.69) is 60.8 Å². The molecular weight excluding hydrogens is 372 g/mol. The van der Waals surface area contributed by atoms with Gasteiger partial charge in [0, 0.05) is 29.5 Å². The number of hydrogen-bond acceptors (Lipinski definition) is 5. The van der Waals surface area contributed by atoms with Crippen LogP contribution in [0.1, 0.15) is 55.4 Å². The average Bonchev–Trinajstić information content (AvgIpc) is 3.28. The molecule has 1 unspecified atom stereocenters. The zero-order valence-corrected chi connectivity index (χ0v) is 18.2. The SMILES string of the molecule is CCNC(=NCc1cc2c(cc1OC)CC(C)O2)NCc1nc(C(C)C)cs1. The third kappa shape index (κ3) is 4.95. The molecule has 2 N–H and O–H groups in total. The van der Waals surface area contributed by atoms with E-state index in [1.54, 1.807) is 18.4 Å². The predicted molar refractivity (Wildman–Crippen MR) is 115 cm³/mol. The zero-order valence-electron chi connectivity index (χ0n) is 17.3. The minimum Gasteiger partial charge on any atom is -0.496 e. The first-order valence-corrected chi connectivity index (χ1v) is 10.7. The third-order valence-corrected chi connectivity index (χ3v) is 5.49. The molecule has 0 aliphatic carbocycles. The van der Waals surface area contributed by atoms with Crippen molar-refractivity contribution in [1.29, 1.82) is 0 Å². The molecular formula is C21H30N4O2S. The molecule has 0 bridgehead atoms. The number of nitrogens with one attached hydrogen (secondary N) is 2. The van der Waals surface area contributed by atoms with Crippen LogP contribution >= 0.6 is 11.3 Å². The molecule has 2 heterocycles. The molecule has 1 aliphatic rings. The summed E-state index contributed by atoms with van der Waals surface area (Å²) in [7, 11) is 1.70. The van der Waals surface area contributed by atoms with E-state index in [1.807, 2.05) is 0 Å². The number of methoxy groups -OCH3 is 1. The minimum absolute atomic E-state index is 0.214. The topological polar surface area (TPSA) is 67.8 Å². The van der Waals surface area contributed by atoms with Gasteiger partial charge < -0.3 is 20.1 Å². The Kier molecular flexibility index (Phi) is 6.78. The standard InChI is InChI=1S/C21H30N4O2S/c1-6-22-21(24-11-20-25-17(12-28-20)13(2)3)23-10-16-9-19-15(7-14(4)27-19)8-18(16)26-5/h8-9,12-14H,6-7,10-11H2,1-5H3,(H2,22,23,24). The second-order valence-electron chi connectivity index (χ2n) is 7.27. The highest BCUT2D eigenvalue weighted by atomic mass is 32.1. The summed E-state index contributed by atoms with van der Waals surface area (Å²) in [5.41, 5.74) is 3.36. The summed E-state index contributed by atoms with van der Waals surface area (Å²) in [5.74, 6) is 3.02. The molecule has 0 saturated carbocycles. The second kappa shape index (κ2) is 9.28. The Morgan fingerprint density at radius 3 is 2.89 bits per heavy atom. The average molecular weight is 403 g/mol. The Morgan fingerprint density at radius 1 is 1.39 bits per heavy atom. The molecule has 0 radical (unpaired) electrons. The maximum Gasteiger partial charge on any atom is 0.191 e. The first kappa shape index (κ1) is 20.5. The van der Waals surface area contributed by atoms with Crippen molar-refractivity contribution in [2.24, 2.45) is 4.99 Å². The summed E-state index contributed by atoms with van der Waals surface area (Å²) in [6, 6.07) is 4.13. The van der Waals surface area contributed by atoms with Gasteiger partial charge in [-0.1, -0.05) is 13.8 Å². The normalized spacial score (nSPS) is 16.1. The summed E-state index contributed by atoms with van der Waals surface area (Å²) in [6.07, 6.45) is 1.14. The number of aliphatic imine (C=N–C) groups is 1. The number of rotatable bonds is 7. The van der Waals surface area contributed by atoms with Gasteiger partial charge in [-0.15, -0.1) is 11.3 Å². The van der Waals surface area contributed by atoms with E-state index in [0.717, 1.165) is 46.7 Å². The Hall–Kier alpha value is -2.28. The fraction of sp³-hybridized carbons (Fsp3) is 0.524. The van der Waals surface area contributed by atoms with Gasteiger partial charge in [-0.3, -0.25) is 0 Å². The van der Waals surface area contributed by atoms with Crippen molar-refractivity contribution in [1.82, 2.24) is 15.6 Å². The lowest BCUT2D eigenvalue weighted by Gasteiger charge is -2.12. The molecule has 1 aromatic carbocycles. The smallest absolute Gasteiger partial charge is 0.191 e. The molecule has 3 rings (SSSR count). The number of hydrogen-bond donors (Lipinski definition) is 2. The number of guanidine groups is 1. The first-order chi connectivity index (χ1) is 13.5. The van der Waals surface area contributed by atoms with Gasteiger partial charge in [0.1, 0.15) is 22.6 Å². The molecule has 28 heavy (non-hydrogen) atoms. The lowest BCUT2D eigenvalue weighted by molar-refractivity contribution is 0.254. The van der Waals surface area contributed by atoms with E-state index in [9.17, 15) is 0 Å². The Morgan fingerprint density at radius 2 is 2.21 bits per heavy atom. The Labute approximate surface area is 171 Å². The van der Waals surface area contributed by atoms with E-state index in [-0.39, 0.29) is 6.10 Å².